The summed E-state index contributed by atoms with van der Waals surface area (Å²) in [7, 11) is 0. The molecule has 0 amide bonds. The Balaban J connectivity index is 0. The SMILES string of the molecule is Cl.Cl.S.[Cl-].[Cl-].[Zn+2]. The van der Waals surface area contributed by atoms with E-state index in [-0.39, 0.29) is 82.6 Å². The summed E-state index contributed by atoms with van der Waals surface area (Å²) in [5.41, 5.74) is 0. The zero-order valence-corrected chi connectivity index (χ0v) is 9.89. The van der Waals surface area contributed by atoms with Crippen LogP contribution in [0.5, 0.6) is 0 Å². The first-order valence-corrected chi connectivity index (χ1v) is 0. The van der Waals surface area contributed by atoms with Crippen molar-refractivity contribution in [1.29, 1.82) is 0 Å². The molecule has 0 spiro atoms. The predicted molar refractivity (Wildman–Crippen MR) is 24.9 cm³/mol. The summed E-state index contributed by atoms with van der Waals surface area (Å²) in [5.74, 6) is 0. The van der Waals surface area contributed by atoms with Crippen molar-refractivity contribution >= 4 is 38.3 Å². The first-order valence-electron chi connectivity index (χ1n) is 0. The van der Waals surface area contributed by atoms with Crippen LogP contribution in [0.4, 0.5) is 0 Å². The Morgan fingerprint density at radius 2 is 0.667 bits per heavy atom. The molecule has 0 aromatic heterocycles. The summed E-state index contributed by atoms with van der Waals surface area (Å²) >= 11 is 0. The number of halogens is 4. The molecule has 0 aliphatic carbocycles. The van der Waals surface area contributed by atoms with Gasteiger partial charge in [-0.25, -0.2) is 0 Å². The minimum atomic E-state index is 0. The average Bonchev–Trinajstić information content (AvgIpc) is 0. The summed E-state index contributed by atoms with van der Waals surface area (Å²) < 4.78 is 0. The molecule has 0 aliphatic heterocycles. The Morgan fingerprint density at radius 1 is 0.667 bits per heavy atom. The van der Waals surface area contributed by atoms with Gasteiger partial charge < -0.3 is 24.8 Å². The van der Waals surface area contributed by atoms with Crippen LogP contribution in [-0.2, 0) is 19.5 Å². The molecule has 0 aliphatic rings. The zero-order chi connectivity index (χ0) is 0. The molecule has 6 heteroatoms. The molecular formula is H4Cl4SZn. The molecule has 0 rings (SSSR count). The molecule has 0 nitrogen and oxygen atoms in total. The second-order valence-electron chi connectivity index (χ2n) is 0. The van der Waals surface area contributed by atoms with Crippen molar-refractivity contribution in [2.45, 2.75) is 0 Å². The molecule has 0 N–H and O–H groups in total. The second kappa shape index (κ2) is 59.0. The van der Waals surface area contributed by atoms with Gasteiger partial charge in [0, 0.05) is 0 Å². The Labute approximate surface area is 82.1 Å². The van der Waals surface area contributed by atoms with Gasteiger partial charge in [-0.15, -0.1) is 24.8 Å². The number of rotatable bonds is 0. The molecule has 0 fully saturated rings. The van der Waals surface area contributed by atoms with Gasteiger partial charge in [-0.3, -0.25) is 0 Å². The van der Waals surface area contributed by atoms with Crippen LogP contribution in [0.1, 0.15) is 0 Å². The monoisotopic (exact) mass is 240 g/mol. The van der Waals surface area contributed by atoms with Gasteiger partial charge in [0.25, 0.3) is 0 Å². The molecule has 0 unspecified atom stereocenters. The Hall–Kier alpha value is 2.13. The summed E-state index contributed by atoms with van der Waals surface area (Å²) in [6.45, 7) is 0. The summed E-state index contributed by atoms with van der Waals surface area (Å²) in [6, 6.07) is 0. The van der Waals surface area contributed by atoms with Crippen LogP contribution in [0, 0.1) is 0 Å². The van der Waals surface area contributed by atoms with Crippen LogP contribution >= 0.6 is 38.3 Å². The van der Waals surface area contributed by atoms with Gasteiger partial charge in [-0.05, 0) is 0 Å². The average molecular weight is 243 g/mol. The number of hydrogen-bond acceptors (Lipinski definition) is 0. The molecule has 0 aromatic rings. The molecule has 0 bridgehead atoms. The van der Waals surface area contributed by atoms with E-state index in [0.29, 0.717) is 0 Å². The summed E-state index contributed by atoms with van der Waals surface area (Å²) in [6.07, 6.45) is 0. The van der Waals surface area contributed by atoms with Gasteiger partial charge in [0.15, 0.2) is 0 Å². The van der Waals surface area contributed by atoms with E-state index in [0.717, 1.165) is 0 Å². The van der Waals surface area contributed by atoms with Gasteiger partial charge >= 0.3 is 19.5 Å². The summed E-state index contributed by atoms with van der Waals surface area (Å²) in [5, 5.41) is 0. The van der Waals surface area contributed by atoms with Gasteiger partial charge in [-0.2, -0.15) is 13.5 Å². The second-order valence-corrected chi connectivity index (χ2v) is 0. The molecular weight excluding hydrogens is 239 g/mol. The molecule has 0 saturated heterocycles. The first-order chi connectivity index (χ1) is 0. The fourth-order valence-electron chi connectivity index (χ4n) is 0. The third-order valence-electron chi connectivity index (χ3n) is 0. The van der Waals surface area contributed by atoms with Crippen molar-refractivity contribution in [1.82, 2.24) is 0 Å². The predicted octanol–water partition coefficient (Wildman–Crippen LogP) is -5.04. The van der Waals surface area contributed by atoms with E-state index < -0.39 is 0 Å². The van der Waals surface area contributed by atoms with Crippen molar-refractivity contribution in [2.24, 2.45) is 0 Å². The Bertz CT molecular complexity index is 7.51. The maximum absolute atomic E-state index is 0. The van der Waals surface area contributed by atoms with E-state index in [1.54, 1.807) is 0 Å². The normalized spacial score (nSPS) is 0. The quantitative estimate of drug-likeness (QED) is 0.374. The third kappa shape index (κ3) is 35.5. The van der Waals surface area contributed by atoms with Crippen molar-refractivity contribution < 1.29 is 44.3 Å². The van der Waals surface area contributed by atoms with Crippen LogP contribution in [0.15, 0.2) is 0 Å². The van der Waals surface area contributed by atoms with Crippen LogP contribution in [-0.4, -0.2) is 0 Å². The fourth-order valence-corrected chi connectivity index (χ4v) is 0. The standard InChI is InChI=1S/4ClH.H2S.Zn/h4*1H;1H2;/q;;;;;+2/p-2. The van der Waals surface area contributed by atoms with Gasteiger partial charge in [-0.1, -0.05) is 0 Å². The molecule has 0 radical (unpaired) electrons. The molecule has 0 heterocycles. The smallest absolute Gasteiger partial charge is 1.00 e. The van der Waals surface area contributed by atoms with E-state index in [4.69, 9.17) is 0 Å². The van der Waals surface area contributed by atoms with E-state index in [2.05, 4.69) is 0 Å². The Kier molecular flexibility index (Phi) is 894. The Morgan fingerprint density at radius 3 is 0.667 bits per heavy atom. The molecule has 6 heavy (non-hydrogen) atoms. The minimum absolute atomic E-state index is 0. The van der Waals surface area contributed by atoms with Crippen molar-refractivity contribution in [3.05, 3.63) is 0 Å². The van der Waals surface area contributed by atoms with Crippen molar-refractivity contribution in [3.63, 3.8) is 0 Å². The van der Waals surface area contributed by atoms with Gasteiger partial charge in [0.2, 0.25) is 0 Å². The van der Waals surface area contributed by atoms with Crippen LogP contribution in [0.3, 0.4) is 0 Å². The topological polar surface area (TPSA) is 0 Å². The maximum Gasteiger partial charge on any atom is 2.00 e. The van der Waals surface area contributed by atoms with E-state index in [9.17, 15) is 0 Å². The molecule has 0 saturated carbocycles. The molecule has 40 valence electrons. The van der Waals surface area contributed by atoms with Crippen LogP contribution in [0.2, 0.25) is 0 Å². The van der Waals surface area contributed by atoms with Gasteiger partial charge in [0.1, 0.15) is 0 Å². The fraction of sp³-hybridized carbons (Fsp3) is 0. The third-order valence-corrected chi connectivity index (χ3v) is 0. The van der Waals surface area contributed by atoms with E-state index in [1.165, 1.54) is 0 Å². The van der Waals surface area contributed by atoms with Gasteiger partial charge in [0.05, 0.1) is 0 Å². The van der Waals surface area contributed by atoms with E-state index >= 15 is 0 Å². The van der Waals surface area contributed by atoms with Crippen molar-refractivity contribution in [3.8, 4) is 0 Å². The minimum Gasteiger partial charge on any atom is -1.00 e. The van der Waals surface area contributed by atoms with Crippen molar-refractivity contribution in [2.75, 3.05) is 0 Å². The largest absolute Gasteiger partial charge is 2.00 e. The van der Waals surface area contributed by atoms with Crippen LogP contribution in [0.25, 0.3) is 0 Å². The molecule has 0 aromatic carbocycles. The molecule has 0 atom stereocenters. The first kappa shape index (κ1) is 90.9. The zero-order valence-electron chi connectivity index (χ0n) is 2.78. The summed E-state index contributed by atoms with van der Waals surface area (Å²) in [4.78, 5) is 0. The number of hydrogen-bond donors (Lipinski definition) is 0. The van der Waals surface area contributed by atoms with Crippen LogP contribution < -0.4 is 24.8 Å². The maximum atomic E-state index is 0. The van der Waals surface area contributed by atoms with E-state index in [1.807, 2.05) is 0 Å².